The van der Waals surface area contributed by atoms with Crippen LogP contribution in [0, 0.1) is 17.0 Å². The number of anilines is 2. The molecular weight excluding hydrogens is 456 g/mol. The first-order chi connectivity index (χ1) is 16.4. The molecule has 174 valence electrons. The molecule has 4 rings (SSSR count). The van der Waals surface area contributed by atoms with Crippen LogP contribution in [0.4, 0.5) is 20.2 Å². The monoisotopic (exact) mass is 479 g/mol. The van der Waals surface area contributed by atoms with Gasteiger partial charge in [0.15, 0.2) is 5.82 Å². The lowest BCUT2D eigenvalue weighted by Gasteiger charge is -2.11. The predicted octanol–water partition coefficient (Wildman–Crippen LogP) is 5.83. The average Bonchev–Trinajstić information content (AvgIpc) is 3.26. The number of ketones is 1. The molecule has 2 aromatic carbocycles. The van der Waals surface area contributed by atoms with Gasteiger partial charge in [0.2, 0.25) is 5.78 Å². The Morgan fingerprint density at radius 2 is 2.06 bits per heavy atom. The Labute approximate surface area is 199 Å². The summed E-state index contributed by atoms with van der Waals surface area (Å²) in [5.74, 6) is -1.27. The number of H-pyrrole nitrogens is 1. The molecule has 5 N–H and O–H groups in total. The molecule has 2 aromatic heterocycles. The number of nitrogens with zero attached hydrogens (tertiary/aromatic N) is 1. The third-order valence-corrected chi connectivity index (χ3v) is 6.43. The van der Waals surface area contributed by atoms with Crippen LogP contribution in [0.1, 0.15) is 34.8 Å². The number of nitrogen functional groups attached to an aromatic ring is 1. The fraction of sp³-hybridized carbons (Fsp3) is 0.160. The molecule has 0 fully saturated rings. The van der Waals surface area contributed by atoms with Crippen molar-refractivity contribution in [2.24, 2.45) is 0 Å². The Hall–Kier alpha value is -3.72. The molecule has 0 saturated carbocycles. The quantitative estimate of drug-likeness (QED) is 0.0794. The number of nitrogens with one attached hydrogen (secondary N) is 3. The van der Waals surface area contributed by atoms with Crippen LogP contribution in [0.15, 0.2) is 48.8 Å². The second kappa shape index (κ2) is 10.0. The van der Waals surface area contributed by atoms with E-state index in [-0.39, 0.29) is 11.3 Å². The second-order valence-corrected chi connectivity index (χ2v) is 8.76. The van der Waals surface area contributed by atoms with Crippen molar-refractivity contribution in [2.75, 3.05) is 22.7 Å². The van der Waals surface area contributed by atoms with Crippen LogP contribution in [-0.4, -0.2) is 33.6 Å². The maximum atomic E-state index is 15.2. The largest absolute Gasteiger partial charge is 0.398 e. The average molecular weight is 480 g/mol. The number of benzene rings is 2. The minimum absolute atomic E-state index is 0.0769. The van der Waals surface area contributed by atoms with Crippen LogP contribution in [0.3, 0.4) is 0 Å². The van der Waals surface area contributed by atoms with Gasteiger partial charge in [0.1, 0.15) is 11.5 Å². The Morgan fingerprint density at radius 1 is 1.24 bits per heavy atom. The maximum Gasteiger partial charge on any atom is 0.201 e. The zero-order valence-electron chi connectivity index (χ0n) is 18.4. The van der Waals surface area contributed by atoms with Crippen molar-refractivity contribution in [1.82, 2.24) is 9.97 Å². The highest BCUT2D eigenvalue weighted by atomic mass is 32.2. The molecule has 6 nitrogen and oxygen atoms in total. The Bertz CT molecular complexity index is 1390. The smallest absolute Gasteiger partial charge is 0.201 e. The number of carbonyl (C=O) groups excluding carboxylic acids is 1. The first-order valence-corrected chi connectivity index (χ1v) is 11.8. The number of aromatic nitrogens is 2. The van der Waals surface area contributed by atoms with Crippen LogP contribution in [0.2, 0.25) is 0 Å². The van der Waals surface area contributed by atoms with E-state index in [4.69, 9.17) is 11.1 Å². The molecular formula is C25H23F2N5OS. The van der Waals surface area contributed by atoms with Gasteiger partial charge in [-0.1, -0.05) is 13.0 Å². The molecule has 9 heteroatoms. The molecule has 0 radical (unpaired) electrons. The number of pyridine rings is 1. The number of thioether (sulfide) groups is 1. The lowest BCUT2D eigenvalue weighted by Crippen LogP contribution is -2.10. The van der Waals surface area contributed by atoms with Gasteiger partial charge < -0.3 is 21.4 Å². The fourth-order valence-corrected chi connectivity index (χ4v) is 4.30. The molecule has 0 spiro atoms. The van der Waals surface area contributed by atoms with Crippen molar-refractivity contribution < 1.29 is 13.6 Å². The standard InChI is InChI=1S/C25H23F2N5OS/c1-2-7-34-13-32-21-6-4-19(26)22(23(21)27)24(33)18-12-31-25-17(18)9-16(11-30-25)14-3-5-20(29)15(8-14)10-28/h3-6,8-12,28,32H,2,7,13,29H2,1H3,(H,30,31). The molecule has 34 heavy (non-hydrogen) atoms. The van der Waals surface area contributed by atoms with E-state index in [9.17, 15) is 9.18 Å². The molecule has 4 aromatic rings. The van der Waals surface area contributed by atoms with Crippen molar-refractivity contribution in [2.45, 2.75) is 13.3 Å². The predicted molar refractivity (Wildman–Crippen MR) is 135 cm³/mol. The summed E-state index contributed by atoms with van der Waals surface area (Å²) < 4.78 is 29.8. The Balaban J connectivity index is 1.72. The maximum absolute atomic E-state index is 15.2. The summed E-state index contributed by atoms with van der Waals surface area (Å²) in [7, 11) is 0. The zero-order valence-corrected chi connectivity index (χ0v) is 19.2. The molecule has 0 bridgehead atoms. The summed E-state index contributed by atoms with van der Waals surface area (Å²) in [6.45, 7) is 2.05. The molecule has 0 aliphatic heterocycles. The van der Waals surface area contributed by atoms with Gasteiger partial charge in [-0.25, -0.2) is 13.8 Å². The third kappa shape index (κ3) is 4.51. The minimum Gasteiger partial charge on any atom is -0.398 e. The summed E-state index contributed by atoms with van der Waals surface area (Å²) in [6.07, 6.45) is 5.17. The Kier molecular flexibility index (Phi) is 6.93. The Morgan fingerprint density at radius 3 is 2.82 bits per heavy atom. The van der Waals surface area contributed by atoms with Gasteiger partial charge in [-0.3, -0.25) is 4.79 Å². The molecule has 0 saturated heterocycles. The highest BCUT2D eigenvalue weighted by Crippen LogP contribution is 2.30. The van der Waals surface area contributed by atoms with Crippen LogP contribution < -0.4 is 11.1 Å². The topological polar surface area (TPSA) is 108 Å². The van der Waals surface area contributed by atoms with E-state index in [0.29, 0.717) is 33.7 Å². The summed E-state index contributed by atoms with van der Waals surface area (Å²) in [5.41, 5.74) is 8.30. The van der Waals surface area contributed by atoms with Crippen molar-refractivity contribution in [3.05, 3.63) is 77.1 Å². The highest BCUT2D eigenvalue weighted by Gasteiger charge is 2.24. The van der Waals surface area contributed by atoms with Crippen LogP contribution >= 0.6 is 11.8 Å². The SMILES string of the molecule is CCCSCNc1ccc(F)c(C(=O)c2c[nH]c3ncc(-c4ccc(N)c(C=N)c4)cc23)c1F. The van der Waals surface area contributed by atoms with Crippen molar-refractivity contribution >= 4 is 46.2 Å². The van der Waals surface area contributed by atoms with E-state index >= 15 is 4.39 Å². The highest BCUT2D eigenvalue weighted by molar-refractivity contribution is 7.99. The lowest BCUT2D eigenvalue weighted by molar-refractivity contribution is 0.103. The van der Waals surface area contributed by atoms with Gasteiger partial charge >= 0.3 is 0 Å². The van der Waals surface area contributed by atoms with E-state index in [1.807, 2.05) is 6.92 Å². The number of halogens is 2. The van der Waals surface area contributed by atoms with Gasteiger partial charge in [0.25, 0.3) is 0 Å². The fourth-order valence-electron chi connectivity index (χ4n) is 3.61. The lowest BCUT2D eigenvalue weighted by atomic mass is 9.99. The van der Waals surface area contributed by atoms with E-state index < -0.39 is 23.0 Å². The third-order valence-electron chi connectivity index (χ3n) is 5.38. The molecule has 0 amide bonds. The van der Waals surface area contributed by atoms with E-state index in [1.165, 1.54) is 12.3 Å². The zero-order chi connectivity index (χ0) is 24.2. The number of fused-ring (bicyclic) bond motifs is 1. The minimum atomic E-state index is -0.929. The van der Waals surface area contributed by atoms with Crippen LogP contribution in [0.25, 0.3) is 22.2 Å². The molecule has 2 heterocycles. The van der Waals surface area contributed by atoms with Gasteiger partial charge in [0.05, 0.1) is 17.1 Å². The van der Waals surface area contributed by atoms with Crippen LogP contribution in [0.5, 0.6) is 0 Å². The van der Waals surface area contributed by atoms with E-state index in [0.717, 1.165) is 30.0 Å². The number of hydrogen-bond acceptors (Lipinski definition) is 6. The van der Waals surface area contributed by atoms with Gasteiger partial charge in [-0.05, 0) is 48.1 Å². The normalized spacial score (nSPS) is 11.0. The number of hydrogen-bond donors (Lipinski definition) is 4. The summed E-state index contributed by atoms with van der Waals surface area (Å²) in [6, 6.07) is 9.32. The van der Waals surface area contributed by atoms with Crippen molar-refractivity contribution in [3.8, 4) is 11.1 Å². The van der Waals surface area contributed by atoms with E-state index in [2.05, 4.69) is 15.3 Å². The molecule has 0 aliphatic carbocycles. The molecule has 0 aliphatic rings. The van der Waals surface area contributed by atoms with Gasteiger partial charge in [-0.2, -0.15) is 0 Å². The number of aromatic amines is 1. The van der Waals surface area contributed by atoms with Gasteiger partial charge in [0, 0.05) is 46.4 Å². The first kappa shape index (κ1) is 23.4. The van der Waals surface area contributed by atoms with Crippen LogP contribution in [-0.2, 0) is 0 Å². The number of rotatable bonds is 9. The summed E-state index contributed by atoms with van der Waals surface area (Å²) >= 11 is 1.59. The van der Waals surface area contributed by atoms with E-state index in [1.54, 1.807) is 42.2 Å². The number of carbonyl (C=O) groups is 1. The van der Waals surface area contributed by atoms with Crippen molar-refractivity contribution in [1.29, 1.82) is 5.41 Å². The number of nitrogens with two attached hydrogens (primary N) is 1. The second-order valence-electron chi connectivity index (χ2n) is 7.65. The molecule has 0 unspecified atom stereocenters. The molecule has 0 atom stereocenters. The summed E-state index contributed by atoms with van der Waals surface area (Å²) in [4.78, 5) is 20.5. The first-order valence-electron chi connectivity index (χ1n) is 10.7. The van der Waals surface area contributed by atoms with Crippen molar-refractivity contribution in [3.63, 3.8) is 0 Å². The summed E-state index contributed by atoms with van der Waals surface area (Å²) in [5, 5.41) is 10.9. The van der Waals surface area contributed by atoms with Gasteiger partial charge in [-0.15, -0.1) is 11.8 Å².